The lowest BCUT2D eigenvalue weighted by Crippen LogP contribution is -2.24. The van der Waals surface area contributed by atoms with Crippen molar-refractivity contribution in [3.05, 3.63) is 22.4 Å². The fraction of sp³-hybridized carbons (Fsp3) is 0.600. The first-order valence-corrected chi connectivity index (χ1v) is 6.01. The molecule has 1 aromatic heterocycles. The summed E-state index contributed by atoms with van der Waals surface area (Å²) in [4.78, 5) is 1.44. The van der Waals surface area contributed by atoms with E-state index < -0.39 is 0 Å². The molecule has 0 bridgehead atoms. The Morgan fingerprint density at radius 1 is 1.62 bits per heavy atom. The SMILES string of the molecule is CCC(Cl)CNCCc1cccs1. The number of alkyl halides is 1. The molecule has 0 aliphatic carbocycles. The van der Waals surface area contributed by atoms with Gasteiger partial charge < -0.3 is 5.32 Å². The van der Waals surface area contributed by atoms with Gasteiger partial charge in [-0.2, -0.15) is 0 Å². The summed E-state index contributed by atoms with van der Waals surface area (Å²) in [5.74, 6) is 0. The van der Waals surface area contributed by atoms with Gasteiger partial charge in [-0.15, -0.1) is 22.9 Å². The molecule has 1 N–H and O–H groups in total. The second-order valence-corrected chi connectivity index (χ2v) is 4.69. The Hall–Kier alpha value is -0.0500. The van der Waals surface area contributed by atoms with E-state index in [0.717, 1.165) is 25.9 Å². The molecular weight excluding hydrogens is 202 g/mol. The van der Waals surface area contributed by atoms with Crippen LogP contribution in [0.15, 0.2) is 17.5 Å². The van der Waals surface area contributed by atoms with Gasteiger partial charge >= 0.3 is 0 Å². The van der Waals surface area contributed by atoms with Crippen molar-refractivity contribution in [3.8, 4) is 0 Å². The van der Waals surface area contributed by atoms with Crippen molar-refractivity contribution in [1.82, 2.24) is 5.32 Å². The van der Waals surface area contributed by atoms with Gasteiger partial charge in [0.1, 0.15) is 0 Å². The highest BCUT2D eigenvalue weighted by Crippen LogP contribution is 2.08. The highest BCUT2D eigenvalue weighted by Gasteiger charge is 1.99. The zero-order valence-electron chi connectivity index (χ0n) is 7.92. The number of hydrogen-bond acceptors (Lipinski definition) is 2. The Kier molecular flexibility index (Phi) is 5.44. The third kappa shape index (κ3) is 4.65. The van der Waals surface area contributed by atoms with Crippen molar-refractivity contribution in [2.75, 3.05) is 13.1 Å². The minimum Gasteiger partial charge on any atom is -0.315 e. The predicted molar refractivity (Wildman–Crippen MR) is 60.8 cm³/mol. The molecule has 74 valence electrons. The van der Waals surface area contributed by atoms with Crippen LogP contribution >= 0.6 is 22.9 Å². The third-order valence-corrected chi connectivity index (χ3v) is 3.34. The maximum atomic E-state index is 5.97. The average Bonchev–Trinajstić information content (AvgIpc) is 2.64. The lowest BCUT2D eigenvalue weighted by Gasteiger charge is -2.07. The van der Waals surface area contributed by atoms with Gasteiger partial charge in [0, 0.05) is 23.3 Å². The molecule has 1 rings (SSSR count). The van der Waals surface area contributed by atoms with E-state index in [1.807, 2.05) is 11.3 Å². The quantitative estimate of drug-likeness (QED) is 0.571. The van der Waals surface area contributed by atoms with Crippen molar-refractivity contribution < 1.29 is 0 Å². The molecule has 1 atom stereocenters. The Labute approximate surface area is 89.1 Å². The summed E-state index contributed by atoms with van der Waals surface area (Å²) in [6, 6.07) is 4.26. The van der Waals surface area contributed by atoms with Crippen LogP contribution in [0.5, 0.6) is 0 Å². The normalized spacial score (nSPS) is 13.1. The van der Waals surface area contributed by atoms with E-state index in [4.69, 9.17) is 11.6 Å². The second kappa shape index (κ2) is 6.41. The molecule has 0 aliphatic rings. The van der Waals surface area contributed by atoms with Gasteiger partial charge in [-0.25, -0.2) is 0 Å². The average molecular weight is 218 g/mol. The summed E-state index contributed by atoms with van der Waals surface area (Å²) >= 11 is 7.78. The minimum absolute atomic E-state index is 0.281. The minimum atomic E-state index is 0.281. The Morgan fingerprint density at radius 2 is 2.46 bits per heavy atom. The van der Waals surface area contributed by atoms with Crippen LogP contribution < -0.4 is 5.32 Å². The molecule has 0 fully saturated rings. The molecule has 3 heteroatoms. The van der Waals surface area contributed by atoms with Gasteiger partial charge in [-0.1, -0.05) is 13.0 Å². The summed E-state index contributed by atoms with van der Waals surface area (Å²) in [5.41, 5.74) is 0. The largest absolute Gasteiger partial charge is 0.315 e. The Morgan fingerprint density at radius 3 is 3.08 bits per heavy atom. The van der Waals surface area contributed by atoms with Gasteiger partial charge in [0.05, 0.1) is 0 Å². The zero-order chi connectivity index (χ0) is 9.52. The molecule has 1 heterocycles. The van der Waals surface area contributed by atoms with E-state index in [9.17, 15) is 0 Å². The molecule has 0 saturated heterocycles. The second-order valence-electron chi connectivity index (χ2n) is 3.04. The van der Waals surface area contributed by atoms with Crippen molar-refractivity contribution >= 4 is 22.9 Å². The van der Waals surface area contributed by atoms with Crippen LogP contribution in [-0.4, -0.2) is 18.5 Å². The molecule has 13 heavy (non-hydrogen) atoms. The van der Waals surface area contributed by atoms with Crippen LogP contribution in [0.2, 0.25) is 0 Å². The van der Waals surface area contributed by atoms with Crippen LogP contribution in [0, 0.1) is 0 Å². The molecule has 0 aromatic carbocycles. The van der Waals surface area contributed by atoms with Gasteiger partial charge in [0.25, 0.3) is 0 Å². The smallest absolute Gasteiger partial charge is 0.0458 e. The van der Waals surface area contributed by atoms with E-state index >= 15 is 0 Å². The first kappa shape index (κ1) is 11.0. The van der Waals surface area contributed by atoms with Crippen molar-refractivity contribution in [2.24, 2.45) is 0 Å². The molecule has 0 spiro atoms. The zero-order valence-corrected chi connectivity index (χ0v) is 9.50. The molecule has 0 aliphatic heterocycles. The topological polar surface area (TPSA) is 12.0 Å². The molecule has 0 amide bonds. The summed E-state index contributed by atoms with van der Waals surface area (Å²) in [7, 11) is 0. The lowest BCUT2D eigenvalue weighted by molar-refractivity contribution is 0.648. The first-order valence-electron chi connectivity index (χ1n) is 4.70. The highest BCUT2D eigenvalue weighted by atomic mass is 35.5. The maximum absolute atomic E-state index is 5.97. The number of rotatable bonds is 6. The summed E-state index contributed by atoms with van der Waals surface area (Å²) < 4.78 is 0. The predicted octanol–water partition coefficient (Wildman–Crippen LogP) is 2.90. The number of hydrogen-bond donors (Lipinski definition) is 1. The third-order valence-electron chi connectivity index (χ3n) is 1.94. The van der Waals surface area contributed by atoms with Crippen LogP contribution in [-0.2, 0) is 6.42 Å². The van der Waals surface area contributed by atoms with E-state index in [1.165, 1.54) is 4.88 Å². The summed E-state index contributed by atoms with van der Waals surface area (Å²) in [6.07, 6.45) is 2.15. The Balaban J connectivity index is 2.02. The van der Waals surface area contributed by atoms with Gasteiger partial charge in [-0.05, 0) is 24.3 Å². The molecule has 1 unspecified atom stereocenters. The first-order chi connectivity index (χ1) is 6.33. The van der Waals surface area contributed by atoms with Crippen LogP contribution in [0.25, 0.3) is 0 Å². The molecule has 0 saturated carbocycles. The molecular formula is C10H16ClNS. The maximum Gasteiger partial charge on any atom is 0.0458 e. The summed E-state index contributed by atoms with van der Waals surface area (Å²) in [5, 5.41) is 5.75. The number of nitrogens with one attached hydrogen (secondary N) is 1. The fourth-order valence-corrected chi connectivity index (χ4v) is 1.89. The Bertz CT molecular complexity index is 211. The summed E-state index contributed by atoms with van der Waals surface area (Å²) in [6.45, 7) is 4.06. The van der Waals surface area contributed by atoms with E-state index in [0.29, 0.717) is 0 Å². The fourth-order valence-electron chi connectivity index (χ4n) is 1.07. The molecule has 1 aromatic rings. The van der Waals surface area contributed by atoms with Crippen molar-refractivity contribution in [1.29, 1.82) is 0 Å². The van der Waals surface area contributed by atoms with E-state index in [-0.39, 0.29) is 5.38 Å². The standard InChI is InChI=1S/C10H16ClNS/c1-2-9(11)8-12-6-5-10-4-3-7-13-10/h3-4,7,9,12H,2,5-6,8H2,1H3. The highest BCUT2D eigenvalue weighted by molar-refractivity contribution is 7.09. The van der Waals surface area contributed by atoms with Crippen LogP contribution in [0.1, 0.15) is 18.2 Å². The van der Waals surface area contributed by atoms with Gasteiger partial charge in [0.15, 0.2) is 0 Å². The molecule has 0 radical (unpaired) electrons. The molecule has 1 nitrogen and oxygen atoms in total. The van der Waals surface area contributed by atoms with Crippen LogP contribution in [0.3, 0.4) is 0 Å². The lowest BCUT2D eigenvalue weighted by atomic mass is 10.3. The van der Waals surface area contributed by atoms with Gasteiger partial charge in [-0.3, -0.25) is 0 Å². The number of halogens is 1. The number of thiophene rings is 1. The monoisotopic (exact) mass is 217 g/mol. The van der Waals surface area contributed by atoms with Crippen molar-refractivity contribution in [3.63, 3.8) is 0 Å². The van der Waals surface area contributed by atoms with Crippen molar-refractivity contribution in [2.45, 2.75) is 25.1 Å². The van der Waals surface area contributed by atoms with E-state index in [2.05, 4.69) is 29.8 Å². The van der Waals surface area contributed by atoms with Gasteiger partial charge in [0.2, 0.25) is 0 Å². The van der Waals surface area contributed by atoms with Crippen LogP contribution in [0.4, 0.5) is 0 Å². The van der Waals surface area contributed by atoms with E-state index in [1.54, 1.807) is 0 Å².